The fourth-order valence-corrected chi connectivity index (χ4v) is 5.00. The standard InChI is InChI=1S/C15H23N5O3S/c1-12(21)19-4-6-20(7-5-19)15-9-14(16-11-17-15)18(2)13-3-8-24(22,23)10-13/h9,11,13H,3-8,10H2,1-2H3. The molecule has 0 radical (unpaired) electrons. The van der Waals surface area contributed by atoms with Gasteiger partial charge in [-0.25, -0.2) is 18.4 Å². The second-order valence-electron chi connectivity index (χ2n) is 6.40. The van der Waals surface area contributed by atoms with Crippen molar-refractivity contribution in [1.82, 2.24) is 14.9 Å². The zero-order valence-electron chi connectivity index (χ0n) is 14.1. The number of hydrogen-bond donors (Lipinski definition) is 0. The van der Waals surface area contributed by atoms with Crippen molar-refractivity contribution >= 4 is 27.4 Å². The molecule has 8 nitrogen and oxygen atoms in total. The SMILES string of the molecule is CC(=O)N1CCN(c2cc(N(C)C3CCS(=O)(=O)C3)ncn2)CC1. The Hall–Kier alpha value is -1.90. The van der Waals surface area contributed by atoms with Crippen molar-refractivity contribution in [2.75, 3.05) is 54.5 Å². The van der Waals surface area contributed by atoms with E-state index >= 15 is 0 Å². The third-order valence-electron chi connectivity index (χ3n) is 4.80. The van der Waals surface area contributed by atoms with E-state index in [4.69, 9.17) is 0 Å². The van der Waals surface area contributed by atoms with Gasteiger partial charge in [0.2, 0.25) is 5.91 Å². The molecule has 2 saturated heterocycles. The molecule has 0 spiro atoms. The van der Waals surface area contributed by atoms with E-state index < -0.39 is 9.84 Å². The first-order valence-electron chi connectivity index (χ1n) is 8.11. The van der Waals surface area contributed by atoms with E-state index in [1.54, 1.807) is 6.92 Å². The maximum absolute atomic E-state index is 11.7. The van der Waals surface area contributed by atoms with Crippen LogP contribution in [0, 0.1) is 0 Å². The number of rotatable bonds is 3. The molecular formula is C15H23N5O3S. The van der Waals surface area contributed by atoms with Crippen LogP contribution in [0.2, 0.25) is 0 Å². The monoisotopic (exact) mass is 353 g/mol. The summed E-state index contributed by atoms with van der Waals surface area (Å²) in [7, 11) is -1.05. The van der Waals surface area contributed by atoms with Crippen molar-refractivity contribution in [1.29, 1.82) is 0 Å². The van der Waals surface area contributed by atoms with Gasteiger partial charge in [0.15, 0.2) is 9.84 Å². The largest absolute Gasteiger partial charge is 0.355 e. The Balaban J connectivity index is 1.70. The van der Waals surface area contributed by atoms with Gasteiger partial charge in [0.1, 0.15) is 18.0 Å². The maximum Gasteiger partial charge on any atom is 0.219 e. The van der Waals surface area contributed by atoms with Crippen molar-refractivity contribution in [2.24, 2.45) is 0 Å². The van der Waals surface area contributed by atoms with Crippen LogP contribution in [0.4, 0.5) is 11.6 Å². The molecule has 132 valence electrons. The molecule has 0 bridgehead atoms. The minimum Gasteiger partial charge on any atom is -0.355 e. The number of aromatic nitrogens is 2. The molecule has 0 aromatic carbocycles. The highest BCUT2D eigenvalue weighted by molar-refractivity contribution is 7.91. The Morgan fingerprint density at radius 3 is 2.54 bits per heavy atom. The first-order valence-corrected chi connectivity index (χ1v) is 9.93. The number of anilines is 2. The highest BCUT2D eigenvalue weighted by atomic mass is 32.2. The van der Waals surface area contributed by atoms with Crippen molar-refractivity contribution in [3.63, 3.8) is 0 Å². The van der Waals surface area contributed by atoms with Crippen LogP contribution in [0.3, 0.4) is 0 Å². The zero-order chi connectivity index (χ0) is 17.3. The number of sulfone groups is 1. The number of hydrogen-bond acceptors (Lipinski definition) is 7. The molecule has 0 N–H and O–H groups in total. The van der Waals surface area contributed by atoms with Gasteiger partial charge in [0.25, 0.3) is 0 Å². The molecular weight excluding hydrogens is 330 g/mol. The van der Waals surface area contributed by atoms with Crippen molar-refractivity contribution in [2.45, 2.75) is 19.4 Å². The van der Waals surface area contributed by atoms with E-state index in [0.29, 0.717) is 19.5 Å². The van der Waals surface area contributed by atoms with E-state index in [2.05, 4.69) is 14.9 Å². The summed E-state index contributed by atoms with van der Waals surface area (Å²) in [5.41, 5.74) is 0. The number of carbonyl (C=O) groups excluding carboxylic acids is 1. The number of carbonyl (C=O) groups is 1. The molecule has 0 aliphatic carbocycles. The molecule has 3 heterocycles. The average Bonchev–Trinajstić information content (AvgIpc) is 2.94. The predicted molar refractivity (Wildman–Crippen MR) is 92.0 cm³/mol. The van der Waals surface area contributed by atoms with E-state index in [1.807, 2.05) is 22.9 Å². The maximum atomic E-state index is 11.7. The zero-order valence-corrected chi connectivity index (χ0v) is 14.9. The molecule has 1 aromatic heterocycles. The van der Waals surface area contributed by atoms with Crippen LogP contribution in [0.25, 0.3) is 0 Å². The lowest BCUT2D eigenvalue weighted by atomic mass is 10.2. The normalized spacial score (nSPS) is 23.3. The minimum absolute atomic E-state index is 0.0349. The van der Waals surface area contributed by atoms with Crippen LogP contribution < -0.4 is 9.80 Å². The van der Waals surface area contributed by atoms with E-state index in [-0.39, 0.29) is 23.5 Å². The first-order chi connectivity index (χ1) is 11.4. The Kier molecular flexibility index (Phi) is 4.62. The summed E-state index contributed by atoms with van der Waals surface area (Å²) >= 11 is 0. The van der Waals surface area contributed by atoms with Crippen molar-refractivity contribution < 1.29 is 13.2 Å². The summed E-state index contributed by atoms with van der Waals surface area (Å²) in [5.74, 6) is 2.07. The van der Waals surface area contributed by atoms with Gasteiger partial charge < -0.3 is 14.7 Å². The fourth-order valence-electron chi connectivity index (χ4n) is 3.22. The third kappa shape index (κ3) is 3.61. The molecule has 1 atom stereocenters. The molecule has 1 amide bonds. The average molecular weight is 353 g/mol. The molecule has 1 aromatic rings. The number of amides is 1. The van der Waals surface area contributed by atoms with Crippen LogP contribution >= 0.6 is 0 Å². The Morgan fingerprint density at radius 1 is 1.25 bits per heavy atom. The fraction of sp³-hybridized carbons (Fsp3) is 0.667. The molecule has 2 aliphatic rings. The van der Waals surface area contributed by atoms with Gasteiger partial charge in [-0.05, 0) is 6.42 Å². The lowest BCUT2D eigenvalue weighted by Gasteiger charge is -2.35. The lowest BCUT2D eigenvalue weighted by molar-refractivity contribution is -0.129. The van der Waals surface area contributed by atoms with Crippen LogP contribution in [0.15, 0.2) is 12.4 Å². The number of piperazine rings is 1. The van der Waals surface area contributed by atoms with Crippen LogP contribution in [-0.2, 0) is 14.6 Å². The molecule has 2 fully saturated rings. The summed E-state index contributed by atoms with van der Waals surface area (Å²) in [6.45, 7) is 4.43. The Morgan fingerprint density at radius 2 is 1.96 bits per heavy atom. The summed E-state index contributed by atoms with van der Waals surface area (Å²) in [6, 6.07) is 1.86. The van der Waals surface area contributed by atoms with Crippen molar-refractivity contribution in [3.05, 3.63) is 12.4 Å². The lowest BCUT2D eigenvalue weighted by Crippen LogP contribution is -2.48. The van der Waals surface area contributed by atoms with E-state index in [0.717, 1.165) is 24.7 Å². The molecule has 0 saturated carbocycles. The van der Waals surface area contributed by atoms with Crippen LogP contribution in [0.5, 0.6) is 0 Å². The van der Waals surface area contributed by atoms with Gasteiger partial charge in [-0.3, -0.25) is 4.79 Å². The van der Waals surface area contributed by atoms with Crippen LogP contribution in [0.1, 0.15) is 13.3 Å². The highest BCUT2D eigenvalue weighted by Crippen LogP contribution is 2.24. The van der Waals surface area contributed by atoms with Gasteiger partial charge in [-0.2, -0.15) is 0 Å². The Labute approximate surface area is 142 Å². The van der Waals surface area contributed by atoms with Crippen molar-refractivity contribution in [3.8, 4) is 0 Å². The first kappa shape index (κ1) is 16.9. The molecule has 2 aliphatic heterocycles. The van der Waals surface area contributed by atoms with Gasteiger partial charge in [0, 0.05) is 52.3 Å². The predicted octanol–water partition coefficient (Wildman–Crippen LogP) is -0.232. The van der Waals surface area contributed by atoms with Gasteiger partial charge in [0.05, 0.1) is 11.5 Å². The van der Waals surface area contributed by atoms with Gasteiger partial charge in [-0.1, -0.05) is 0 Å². The minimum atomic E-state index is -2.93. The quantitative estimate of drug-likeness (QED) is 0.742. The summed E-state index contributed by atoms with van der Waals surface area (Å²) in [6.07, 6.45) is 2.15. The summed E-state index contributed by atoms with van der Waals surface area (Å²) in [4.78, 5) is 25.9. The van der Waals surface area contributed by atoms with Gasteiger partial charge in [-0.15, -0.1) is 0 Å². The third-order valence-corrected chi connectivity index (χ3v) is 6.56. The molecule has 3 rings (SSSR count). The van der Waals surface area contributed by atoms with E-state index in [9.17, 15) is 13.2 Å². The number of nitrogens with zero attached hydrogens (tertiary/aromatic N) is 5. The molecule has 1 unspecified atom stereocenters. The van der Waals surface area contributed by atoms with Gasteiger partial charge >= 0.3 is 0 Å². The molecule has 9 heteroatoms. The molecule has 24 heavy (non-hydrogen) atoms. The second-order valence-corrected chi connectivity index (χ2v) is 8.62. The van der Waals surface area contributed by atoms with E-state index in [1.165, 1.54) is 6.33 Å². The summed E-state index contributed by atoms with van der Waals surface area (Å²) in [5, 5.41) is 0. The second kappa shape index (κ2) is 6.54. The van der Waals surface area contributed by atoms with Crippen LogP contribution in [-0.4, -0.2) is 80.0 Å². The Bertz CT molecular complexity index is 716. The topological polar surface area (TPSA) is 86.7 Å². The smallest absolute Gasteiger partial charge is 0.219 e. The summed E-state index contributed by atoms with van der Waals surface area (Å²) < 4.78 is 23.4. The highest BCUT2D eigenvalue weighted by Gasteiger charge is 2.31.